The summed E-state index contributed by atoms with van der Waals surface area (Å²) in [6.45, 7) is 7.69. The fourth-order valence-electron chi connectivity index (χ4n) is 2.64. The molecule has 0 aliphatic heterocycles. The van der Waals surface area contributed by atoms with Crippen LogP contribution in [-0.4, -0.2) is 36.7 Å². The molecule has 6 nitrogen and oxygen atoms in total. The molecule has 0 aliphatic carbocycles. The van der Waals surface area contributed by atoms with Gasteiger partial charge >= 0.3 is 0 Å². The summed E-state index contributed by atoms with van der Waals surface area (Å²) in [6, 6.07) is 2.97. The Bertz CT molecular complexity index is 1070. The molecule has 1 N–H and O–H groups in total. The molecule has 1 amide bonds. The fraction of sp³-hybridized carbons (Fsp3) is 0.333. The van der Waals surface area contributed by atoms with E-state index in [0.717, 1.165) is 0 Å². The number of hydrogen-bond donors (Lipinski definition) is 1. The second kappa shape index (κ2) is 9.37. The molecule has 1 aromatic carbocycles. The first kappa shape index (κ1) is 24.2. The molecule has 158 valence electrons. The zero-order chi connectivity index (χ0) is 22.1. The molecule has 2 aromatic rings. The summed E-state index contributed by atoms with van der Waals surface area (Å²) in [5.41, 5.74) is 1.47. The van der Waals surface area contributed by atoms with Gasteiger partial charge < -0.3 is 5.32 Å². The molecular weight excluding hydrogens is 480 g/mol. The molecule has 0 radical (unpaired) electrons. The molecule has 0 atom stereocenters. The zero-order valence-corrected chi connectivity index (χ0v) is 19.9. The van der Waals surface area contributed by atoms with Gasteiger partial charge in [-0.05, 0) is 37.1 Å². The van der Waals surface area contributed by atoms with Crippen LogP contribution in [0.5, 0.6) is 0 Å². The van der Waals surface area contributed by atoms with Gasteiger partial charge in [-0.3, -0.25) is 4.79 Å². The molecular formula is C18H19Cl4N3O3S. The van der Waals surface area contributed by atoms with Crippen molar-refractivity contribution in [1.29, 1.82) is 0 Å². The van der Waals surface area contributed by atoms with Crippen molar-refractivity contribution in [2.75, 3.05) is 18.4 Å². The van der Waals surface area contributed by atoms with E-state index >= 15 is 0 Å². The van der Waals surface area contributed by atoms with Gasteiger partial charge in [0.25, 0.3) is 5.91 Å². The molecule has 0 spiro atoms. The molecule has 1 aromatic heterocycles. The summed E-state index contributed by atoms with van der Waals surface area (Å²) in [4.78, 5) is 16.7. The van der Waals surface area contributed by atoms with E-state index in [1.807, 2.05) is 0 Å². The van der Waals surface area contributed by atoms with E-state index in [0.29, 0.717) is 29.9 Å². The molecule has 0 fully saturated rings. The number of amides is 1. The number of carbonyl (C=O) groups is 1. The van der Waals surface area contributed by atoms with E-state index in [1.165, 1.54) is 10.4 Å². The van der Waals surface area contributed by atoms with Gasteiger partial charge in [-0.1, -0.05) is 60.3 Å². The van der Waals surface area contributed by atoms with Crippen LogP contribution >= 0.6 is 46.4 Å². The summed E-state index contributed by atoms with van der Waals surface area (Å²) >= 11 is 23.9. The van der Waals surface area contributed by atoms with Crippen LogP contribution in [0, 0.1) is 13.8 Å². The van der Waals surface area contributed by atoms with Crippen LogP contribution in [0.4, 0.5) is 5.69 Å². The number of halogens is 4. The molecule has 11 heteroatoms. The first-order valence-corrected chi connectivity index (χ1v) is 11.5. The smallest absolute Gasteiger partial charge is 0.275 e. The minimum absolute atomic E-state index is 0.0609. The van der Waals surface area contributed by atoms with Crippen molar-refractivity contribution in [2.45, 2.75) is 32.6 Å². The maximum atomic E-state index is 12.9. The van der Waals surface area contributed by atoms with Gasteiger partial charge in [0, 0.05) is 18.8 Å². The van der Waals surface area contributed by atoms with Crippen LogP contribution in [0.25, 0.3) is 0 Å². The second-order valence-corrected chi connectivity index (χ2v) is 9.58. The minimum atomic E-state index is -3.71. The average molecular weight is 499 g/mol. The van der Waals surface area contributed by atoms with Crippen molar-refractivity contribution < 1.29 is 13.2 Å². The van der Waals surface area contributed by atoms with Crippen molar-refractivity contribution in [3.05, 3.63) is 49.2 Å². The molecule has 0 saturated heterocycles. The van der Waals surface area contributed by atoms with Crippen LogP contribution in [-0.2, 0) is 10.0 Å². The lowest BCUT2D eigenvalue weighted by Crippen LogP contribution is -2.30. The number of benzene rings is 1. The molecule has 1 heterocycles. The first-order chi connectivity index (χ1) is 13.4. The molecule has 0 unspecified atom stereocenters. The normalized spacial score (nSPS) is 11.8. The van der Waals surface area contributed by atoms with E-state index in [4.69, 9.17) is 46.4 Å². The van der Waals surface area contributed by atoms with E-state index < -0.39 is 15.9 Å². The van der Waals surface area contributed by atoms with Crippen LogP contribution in [0.2, 0.25) is 20.2 Å². The topological polar surface area (TPSA) is 79.4 Å². The molecule has 0 saturated carbocycles. The Kier molecular flexibility index (Phi) is 7.81. The van der Waals surface area contributed by atoms with Gasteiger partial charge in [0.2, 0.25) is 10.0 Å². The van der Waals surface area contributed by atoms with Gasteiger partial charge in [-0.15, -0.1) is 0 Å². The SMILES string of the molecule is CCN(CC)S(=O)(=O)c1cc(C)c(C)c(NC(=O)c2nc(Cl)c(Cl)c(Cl)c2Cl)c1. The van der Waals surface area contributed by atoms with Crippen LogP contribution in [0.15, 0.2) is 17.0 Å². The van der Waals surface area contributed by atoms with E-state index in [-0.39, 0.29) is 30.8 Å². The van der Waals surface area contributed by atoms with E-state index in [1.54, 1.807) is 33.8 Å². The van der Waals surface area contributed by atoms with Crippen molar-refractivity contribution >= 4 is 68.0 Å². The average Bonchev–Trinajstić information content (AvgIpc) is 2.66. The summed E-state index contributed by atoms with van der Waals surface area (Å²) in [6.07, 6.45) is 0. The monoisotopic (exact) mass is 497 g/mol. The number of pyridine rings is 1. The maximum absolute atomic E-state index is 12.9. The highest BCUT2D eigenvalue weighted by Gasteiger charge is 2.25. The predicted molar refractivity (Wildman–Crippen MR) is 118 cm³/mol. The fourth-order valence-corrected chi connectivity index (χ4v) is 5.02. The minimum Gasteiger partial charge on any atom is -0.320 e. The quantitative estimate of drug-likeness (QED) is 0.526. The molecule has 2 rings (SSSR count). The van der Waals surface area contributed by atoms with Gasteiger partial charge in [-0.2, -0.15) is 4.31 Å². The Hall–Kier alpha value is -1.09. The van der Waals surface area contributed by atoms with Gasteiger partial charge in [0.05, 0.1) is 20.0 Å². The highest BCUT2D eigenvalue weighted by molar-refractivity contribution is 7.89. The number of carbonyl (C=O) groups excluding carboxylic acids is 1. The molecule has 0 bridgehead atoms. The number of hydrogen-bond acceptors (Lipinski definition) is 4. The first-order valence-electron chi connectivity index (χ1n) is 8.58. The van der Waals surface area contributed by atoms with Crippen molar-refractivity contribution in [1.82, 2.24) is 9.29 Å². The number of nitrogens with one attached hydrogen (secondary N) is 1. The van der Waals surface area contributed by atoms with Crippen LogP contribution in [0.3, 0.4) is 0 Å². The third-order valence-electron chi connectivity index (χ3n) is 4.43. The standard InChI is InChI=1S/C18H19Cl4N3O3S/c1-5-25(6-2)29(27,28)11-7-9(3)10(4)12(8-11)23-18(26)16-14(20)13(19)15(21)17(22)24-16/h7-8H,5-6H2,1-4H3,(H,23,26). The largest absolute Gasteiger partial charge is 0.320 e. The number of rotatable bonds is 6. The third-order valence-corrected chi connectivity index (χ3v) is 8.14. The number of aryl methyl sites for hydroxylation is 1. The Morgan fingerprint density at radius 1 is 1.03 bits per heavy atom. The maximum Gasteiger partial charge on any atom is 0.275 e. The van der Waals surface area contributed by atoms with Crippen molar-refractivity contribution in [3.63, 3.8) is 0 Å². The van der Waals surface area contributed by atoms with E-state index in [2.05, 4.69) is 10.3 Å². The van der Waals surface area contributed by atoms with Crippen molar-refractivity contribution in [2.24, 2.45) is 0 Å². The van der Waals surface area contributed by atoms with Crippen LogP contribution < -0.4 is 5.32 Å². The zero-order valence-electron chi connectivity index (χ0n) is 16.1. The lowest BCUT2D eigenvalue weighted by atomic mass is 10.1. The Morgan fingerprint density at radius 2 is 1.62 bits per heavy atom. The van der Waals surface area contributed by atoms with Crippen LogP contribution in [0.1, 0.15) is 35.5 Å². The second-order valence-electron chi connectivity index (χ2n) is 6.15. The van der Waals surface area contributed by atoms with E-state index in [9.17, 15) is 13.2 Å². The summed E-state index contributed by atoms with van der Waals surface area (Å²) in [5, 5.41) is 2.16. The Balaban J connectivity index is 2.52. The molecule has 29 heavy (non-hydrogen) atoms. The number of nitrogens with zero attached hydrogens (tertiary/aromatic N) is 2. The highest BCUT2D eigenvalue weighted by Crippen LogP contribution is 2.36. The predicted octanol–water partition coefficient (Wildman–Crippen LogP) is 5.59. The molecule has 0 aliphatic rings. The Labute approximate surface area is 190 Å². The number of aromatic nitrogens is 1. The Morgan fingerprint density at radius 3 is 2.17 bits per heavy atom. The van der Waals surface area contributed by atoms with Gasteiger partial charge in [0.15, 0.2) is 0 Å². The third kappa shape index (κ3) is 4.81. The summed E-state index contributed by atoms with van der Waals surface area (Å²) in [7, 11) is -3.71. The van der Waals surface area contributed by atoms with Gasteiger partial charge in [-0.25, -0.2) is 13.4 Å². The number of anilines is 1. The van der Waals surface area contributed by atoms with Crippen molar-refractivity contribution in [3.8, 4) is 0 Å². The number of sulfonamides is 1. The highest BCUT2D eigenvalue weighted by atomic mass is 35.5. The summed E-state index contributed by atoms with van der Waals surface area (Å²) < 4.78 is 27.1. The summed E-state index contributed by atoms with van der Waals surface area (Å²) in [5.74, 6) is -0.699. The van der Waals surface area contributed by atoms with Gasteiger partial charge in [0.1, 0.15) is 10.8 Å². The lowest BCUT2D eigenvalue weighted by molar-refractivity contribution is 0.102. The lowest BCUT2D eigenvalue weighted by Gasteiger charge is -2.20.